The number of ether oxygens (including phenoxy) is 1. The molecule has 0 aromatic heterocycles. The SMILES string of the molecule is C=CC.CCCCCCCCCCCCCCOCCCCCCCCCC. The fourth-order valence-corrected chi connectivity index (χ4v) is 3.49. The van der Waals surface area contributed by atoms with Crippen LogP contribution >= 0.6 is 0 Å². The van der Waals surface area contributed by atoms with Crippen LogP contribution in [0.1, 0.15) is 149 Å². The molecule has 170 valence electrons. The maximum Gasteiger partial charge on any atom is 0.0466 e. The van der Waals surface area contributed by atoms with Crippen molar-refractivity contribution in [3.63, 3.8) is 0 Å². The summed E-state index contributed by atoms with van der Waals surface area (Å²) in [5.74, 6) is 0. The number of unbranched alkanes of at least 4 members (excludes halogenated alkanes) is 18. The van der Waals surface area contributed by atoms with Gasteiger partial charge >= 0.3 is 0 Å². The maximum absolute atomic E-state index is 5.77. The quantitative estimate of drug-likeness (QED) is 0.131. The molecule has 0 saturated carbocycles. The maximum atomic E-state index is 5.77. The minimum absolute atomic E-state index is 0.993. The van der Waals surface area contributed by atoms with Gasteiger partial charge in [-0.1, -0.05) is 135 Å². The first-order valence-corrected chi connectivity index (χ1v) is 13.0. The summed E-state index contributed by atoms with van der Waals surface area (Å²) in [6.45, 7) is 11.8. The molecule has 0 N–H and O–H groups in total. The van der Waals surface area contributed by atoms with Gasteiger partial charge in [-0.25, -0.2) is 0 Å². The lowest BCUT2D eigenvalue weighted by atomic mass is 10.1. The average Bonchev–Trinajstić information content (AvgIpc) is 2.70. The zero-order chi connectivity index (χ0) is 21.0. The number of hydrogen-bond acceptors (Lipinski definition) is 1. The van der Waals surface area contributed by atoms with Gasteiger partial charge in [0, 0.05) is 13.2 Å². The van der Waals surface area contributed by atoms with Crippen LogP contribution in [-0.2, 0) is 4.74 Å². The molecule has 0 bridgehead atoms. The largest absolute Gasteiger partial charge is 0.381 e. The normalized spacial score (nSPS) is 10.5. The summed E-state index contributed by atoms with van der Waals surface area (Å²) in [5, 5.41) is 0. The van der Waals surface area contributed by atoms with Gasteiger partial charge in [-0.05, 0) is 19.8 Å². The van der Waals surface area contributed by atoms with E-state index in [1.54, 1.807) is 6.08 Å². The van der Waals surface area contributed by atoms with Gasteiger partial charge in [-0.2, -0.15) is 0 Å². The minimum atomic E-state index is 0.993. The first-order valence-electron chi connectivity index (χ1n) is 13.0. The predicted molar refractivity (Wildman–Crippen MR) is 130 cm³/mol. The van der Waals surface area contributed by atoms with E-state index in [1.165, 1.54) is 128 Å². The Balaban J connectivity index is 0. The molecule has 0 spiro atoms. The van der Waals surface area contributed by atoms with Crippen LogP contribution in [0.2, 0.25) is 0 Å². The molecule has 0 aliphatic rings. The first-order chi connectivity index (χ1) is 13.8. The van der Waals surface area contributed by atoms with E-state index >= 15 is 0 Å². The van der Waals surface area contributed by atoms with Gasteiger partial charge in [0.1, 0.15) is 0 Å². The third-order valence-electron chi connectivity index (χ3n) is 5.28. The highest BCUT2D eigenvalue weighted by molar-refractivity contribution is 4.51. The summed E-state index contributed by atoms with van der Waals surface area (Å²) in [6.07, 6.45) is 29.9. The second-order valence-corrected chi connectivity index (χ2v) is 8.38. The topological polar surface area (TPSA) is 9.23 Å². The van der Waals surface area contributed by atoms with E-state index in [1.807, 2.05) is 6.92 Å². The van der Waals surface area contributed by atoms with Gasteiger partial charge in [0.25, 0.3) is 0 Å². The molecule has 0 fully saturated rings. The Hall–Kier alpha value is -0.300. The van der Waals surface area contributed by atoms with E-state index in [9.17, 15) is 0 Å². The average molecular weight is 397 g/mol. The van der Waals surface area contributed by atoms with E-state index in [4.69, 9.17) is 4.74 Å². The molecule has 0 unspecified atom stereocenters. The monoisotopic (exact) mass is 396 g/mol. The van der Waals surface area contributed by atoms with Crippen LogP contribution in [0.3, 0.4) is 0 Å². The fourth-order valence-electron chi connectivity index (χ4n) is 3.49. The summed E-state index contributed by atoms with van der Waals surface area (Å²) < 4.78 is 5.77. The molecule has 0 aromatic carbocycles. The molecule has 1 heteroatoms. The highest BCUT2D eigenvalue weighted by Gasteiger charge is 1.95. The van der Waals surface area contributed by atoms with Crippen molar-refractivity contribution in [1.29, 1.82) is 0 Å². The Morgan fingerprint density at radius 3 is 0.929 bits per heavy atom. The molecule has 0 aliphatic heterocycles. The Kier molecular flexibility index (Phi) is 33.5. The summed E-state index contributed by atoms with van der Waals surface area (Å²) >= 11 is 0. The Labute approximate surface area is 180 Å². The van der Waals surface area contributed by atoms with Gasteiger partial charge in [-0.15, -0.1) is 6.58 Å². The molecular formula is C27H56O. The summed E-state index contributed by atoms with van der Waals surface area (Å²) in [7, 11) is 0. The van der Waals surface area contributed by atoms with Gasteiger partial charge in [0.15, 0.2) is 0 Å². The van der Waals surface area contributed by atoms with Crippen LogP contribution in [0.25, 0.3) is 0 Å². The molecule has 28 heavy (non-hydrogen) atoms. The zero-order valence-corrected chi connectivity index (χ0v) is 20.2. The van der Waals surface area contributed by atoms with Crippen LogP contribution in [0.15, 0.2) is 12.7 Å². The Bertz CT molecular complexity index is 227. The molecule has 0 amide bonds. The Morgan fingerprint density at radius 1 is 0.464 bits per heavy atom. The summed E-state index contributed by atoms with van der Waals surface area (Å²) in [5.41, 5.74) is 0. The van der Waals surface area contributed by atoms with Crippen molar-refractivity contribution < 1.29 is 4.74 Å². The number of rotatable bonds is 22. The van der Waals surface area contributed by atoms with Crippen molar-refractivity contribution in [3.05, 3.63) is 12.7 Å². The smallest absolute Gasteiger partial charge is 0.0466 e. The lowest BCUT2D eigenvalue weighted by molar-refractivity contribution is 0.125. The molecule has 0 atom stereocenters. The summed E-state index contributed by atoms with van der Waals surface area (Å²) in [6, 6.07) is 0. The van der Waals surface area contributed by atoms with Gasteiger partial charge in [-0.3, -0.25) is 0 Å². The number of allylic oxidation sites excluding steroid dienone is 1. The minimum Gasteiger partial charge on any atom is -0.381 e. The van der Waals surface area contributed by atoms with E-state index in [2.05, 4.69) is 20.4 Å². The highest BCUT2D eigenvalue weighted by Crippen LogP contribution is 2.12. The molecule has 0 heterocycles. The van der Waals surface area contributed by atoms with Gasteiger partial charge in [0.05, 0.1) is 0 Å². The summed E-state index contributed by atoms with van der Waals surface area (Å²) in [4.78, 5) is 0. The van der Waals surface area contributed by atoms with Gasteiger partial charge < -0.3 is 4.74 Å². The Morgan fingerprint density at radius 2 is 0.679 bits per heavy atom. The van der Waals surface area contributed by atoms with Gasteiger partial charge in [0.2, 0.25) is 0 Å². The predicted octanol–water partition coefficient (Wildman–Crippen LogP) is 10.0. The third kappa shape index (κ3) is 33.3. The lowest BCUT2D eigenvalue weighted by Gasteiger charge is -2.05. The molecule has 0 aromatic rings. The third-order valence-corrected chi connectivity index (χ3v) is 5.28. The van der Waals surface area contributed by atoms with E-state index < -0.39 is 0 Å². The zero-order valence-electron chi connectivity index (χ0n) is 20.2. The van der Waals surface area contributed by atoms with Crippen molar-refractivity contribution in [2.24, 2.45) is 0 Å². The first kappa shape index (κ1) is 29.9. The molecule has 0 rings (SSSR count). The lowest BCUT2D eigenvalue weighted by Crippen LogP contribution is -1.97. The fraction of sp³-hybridized carbons (Fsp3) is 0.926. The standard InChI is InChI=1S/C24H50O.C3H6/c1-3-5-7-9-11-13-14-15-16-18-20-22-24-25-23-21-19-17-12-10-8-6-4-2;1-3-2/h3-24H2,1-2H3;3H,1H2,2H3. The molecule has 1 nitrogen and oxygen atoms in total. The van der Waals surface area contributed by atoms with Crippen molar-refractivity contribution in [3.8, 4) is 0 Å². The van der Waals surface area contributed by atoms with Crippen molar-refractivity contribution in [2.75, 3.05) is 13.2 Å². The second-order valence-electron chi connectivity index (χ2n) is 8.38. The van der Waals surface area contributed by atoms with Crippen LogP contribution in [0.5, 0.6) is 0 Å². The van der Waals surface area contributed by atoms with E-state index in [0.717, 1.165) is 13.2 Å². The molecular weight excluding hydrogens is 340 g/mol. The van der Waals surface area contributed by atoms with Crippen LogP contribution in [-0.4, -0.2) is 13.2 Å². The highest BCUT2D eigenvalue weighted by atomic mass is 16.5. The molecule has 0 radical (unpaired) electrons. The van der Waals surface area contributed by atoms with Crippen molar-refractivity contribution in [1.82, 2.24) is 0 Å². The number of hydrogen-bond donors (Lipinski definition) is 0. The van der Waals surface area contributed by atoms with E-state index in [0.29, 0.717) is 0 Å². The van der Waals surface area contributed by atoms with Crippen LogP contribution in [0.4, 0.5) is 0 Å². The second kappa shape index (κ2) is 31.4. The van der Waals surface area contributed by atoms with Crippen molar-refractivity contribution >= 4 is 0 Å². The van der Waals surface area contributed by atoms with Crippen LogP contribution in [0, 0.1) is 0 Å². The van der Waals surface area contributed by atoms with Crippen LogP contribution < -0.4 is 0 Å². The molecule has 0 aliphatic carbocycles. The van der Waals surface area contributed by atoms with E-state index in [-0.39, 0.29) is 0 Å². The molecule has 0 saturated heterocycles. The van der Waals surface area contributed by atoms with Crippen molar-refractivity contribution in [2.45, 2.75) is 149 Å².